The fraction of sp³-hybridized carbons (Fsp3) is 0.545. The maximum absolute atomic E-state index is 11.1. The number of hydrogen-bond acceptors (Lipinski definition) is 3. The summed E-state index contributed by atoms with van der Waals surface area (Å²) in [6.45, 7) is 13.0. The standard InChI is InChI=1S/C11H18O2.ClH.H3N/c1-7(2)9(5)10(6)13-11(12)8(3)4;;/h10H,3H2,1-2,4-6H3;1H;1H3. The van der Waals surface area contributed by atoms with Crippen LogP contribution in [0.25, 0.3) is 0 Å². The molecule has 0 spiro atoms. The van der Waals surface area contributed by atoms with Crippen LogP contribution in [0.5, 0.6) is 0 Å². The summed E-state index contributed by atoms with van der Waals surface area (Å²) in [5.74, 6) is -0.326. The van der Waals surface area contributed by atoms with E-state index in [1.54, 1.807) is 6.92 Å². The van der Waals surface area contributed by atoms with Crippen LogP contribution in [0.3, 0.4) is 0 Å². The number of ether oxygens (including phenoxy) is 1. The van der Waals surface area contributed by atoms with Crippen LogP contribution in [0, 0.1) is 0 Å². The molecule has 0 radical (unpaired) electrons. The summed E-state index contributed by atoms with van der Waals surface area (Å²) < 4.78 is 5.14. The minimum Gasteiger partial charge on any atom is -0.455 e. The van der Waals surface area contributed by atoms with Crippen LogP contribution in [0.4, 0.5) is 0 Å². The molecule has 0 aliphatic carbocycles. The summed E-state index contributed by atoms with van der Waals surface area (Å²) in [5.41, 5.74) is 2.71. The maximum Gasteiger partial charge on any atom is 0.333 e. The second-order valence-electron chi connectivity index (χ2n) is 3.51. The Bertz CT molecular complexity index is 255. The number of hydrogen-bond donors (Lipinski definition) is 1. The van der Waals surface area contributed by atoms with E-state index in [0.29, 0.717) is 5.57 Å². The zero-order valence-corrected chi connectivity index (χ0v) is 11.0. The van der Waals surface area contributed by atoms with E-state index in [9.17, 15) is 4.79 Å². The van der Waals surface area contributed by atoms with E-state index in [1.165, 1.54) is 5.57 Å². The van der Waals surface area contributed by atoms with Crippen LogP contribution >= 0.6 is 12.4 Å². The molecule has 1 atom stereocenters. The van der Waals surface area contributed by atoms with E-state index in [-0.39, 0.29) is 30.6 Å². The Morgan fingerprint density at radius 3 is 1.87 bits per heavy atom. The third-order valence-corrected chi connectivity index (χ3v) is 2.03. The number of rotatable bonds is 3. The van der Waals surface area contributed by atoms with Crippen LogP contribution in [0.1, 0.15) is 34.6 Å². The molecule has 0 aromatic rings. The summed E-state index contributed by atoms with van der Waals surface area (Å²) in [6, 6.07) is 0. The molecule has 15 heavy (non-hydrogen) atoms. The van der Waals surface area contributed by atoms with E-state index < -0.39 is 0 Å². The Morgan fingerprint density at radius 2 is 1.60 bits per heavy atom. The molecule has 0 aromatic carbocycles. The van der Waals surface area contributed by atoms with Gasteiger partial charge in [-0.25, -0.2) is 4.79 Å². The molecule has 90 valence electrons. The first-order valence-electron chi connectivity index (χ1n) is 4.36. The van der Waals surface area contributed by atoms with Crippen molar-refractivity contribution in [2.24, 2.45) is 0 Å². The summed E-state index contributed by atoms with van der Waals surface area (Å²) in [7, 11) is 0. The molecule has 0 rings (SSSR count). The third-order valence-electron chi connectivity index (χ3n) is 2.03. The van der Waals surface area contributed by atoms with Crippen molar-refractivity contribution in [1.29, 1.82) is 0 Å². The quantitative estimate of drug-likeness (QED) is 0.463. The molecule has 1 unspecified atom stereocenters. The lowest BCUT2D eigenvalue weighted by molar-refractivity contribution is -0.141. The van der Waals surface area contributed by atoms with Gasteiger partial charge in [0.25, 0.3) is 0 Å². The molecule has 0 aromatic heterocycles. The lowest BCUT2D eigenvalue weighted by Gasteiger charge is -2.15. The van der Waals surface area contributed by atoms with Crippen molar-refractivity contribution < 1.29 is 9.53 Å². The predicted octanol–water partition coefficient (Wildman–Crippen LogP) is 3.43. The first-order chi connectivity index (χ1) is 5.86. The fourth-order valence-electron chi connectivity index (χ4n) is 0.756. The van der Waals surface area contributed by atoms with Crippen molar-refractivity contribution in [2.75, 3.05) is 0 Å². The van der Waals surface area contributed by atoms with Gasteiger partial charge in [0.2, 0.25) is 0 Å². The monoisotopic (exact) mass is 235 g/mol. The van der Waals surface area contributed by atoms with Crippen molar-refractivity contribution in [3.63, 3.8) is 0 Å². The second-order valence-corrected chi connectivity index (χ2v) is 3.51. The number of esters is 1. The van der Waals surface area contributed by atoms with Gasteiger partial charge in [-0.3, -0.25) is 0 Å². The van der Waals surface area contributed by atoms with Crippen LogP contribution in [-0.2, 0) is 9.53 Å². The molecular weight excluding hydrogens is 214 g/mol. The van der Waals surface area contributed by atoms with Crippen LogP contribution in [0.15, 0.2) is 23.3 Å². The SMILES string of the molecule is C=C(C)C(=O)OC(C)C(C)=C(C)C.Cl.N. The number of halogens is 1. The van der Waals surface area contributed by atoms with Crippen LogP contribution in [-0.4, -0.2) is 12.1 Å². The predicted molar refractivity (Wildman–Crippen MR) is 66.7 cm³/mol. The Balaban J connectivity index is -0.000000720. The van der Waals surface area contributed by atoms with Gasteiger partial charge in [-0.05, 0) is 40.2 Å². The van der Waals surface area contributed by atoms with E-state index in [0.717, 1.165) is 5.57 Å². The molecule has 0 aliphatic heterocycles. The Morgan fingerprint density at radius 1 is 1.20 bits per heavy atom. The molecule has 0 saturated heterocycles. The highest BCUT2D eigenvalue weighted by Crippen LogP contribution is 2.12. The van der Waals surface area contributed by atoms with Crippen LogP contribution in [0.2, 0.25) is 0 Å². The average molecular weight is 236 g/mol. The van der Waals surface area contributed by atoms with E-state index >= 15 is 0 Å². The molecular formula is C11H22ClNO2. The maximum atomic E-state index is 11.1. The summed E-state index contributed by atoms with van der Waals surface area (Å²) in [4.78, 5) is 11.1. The van der Waals surface area contributed by atoms with Crippen molar-refractivity contribution in [3.05, 3.63) is 23.3 Å². The molecule has 0 saturated carbocycles. The highest BCUT2D eigenvalue weighted by Gasteiger charge is 2.11. The van der Waals surface area contributed by atoms with E-state index in [1.807, 2.05) is 27.7 Å². The summed E-state index contributed by atoms with van der Waals surface area (Å²) >= 11 is 0. The Labute approximate surface area is 98.6 Å². The van der Waals surface area contributed by atoms with Gasteiger partial charge >= 0.3 is 5.97 Å². The molecule has 4 heteroatoms. The molecule has 0 amide bonds. The van der Waals surface area contributed by atoms with Gasteiger partial charge in [-0.1, -0.05) is 12.2 Å². The van der Waals surface area contributed by atoms with Crippen molar-refractivity contribution >= 4 is 18.4 Å². The number of carbonyl (C=O) groups is 1. The van der Waals surface area contributed by atoms with Gasteiger partial charge in [0, 0.05) is 5.57 Å². The molecule has 0 bridgehead atoms. The zero-order chi connectivity index (χ0) is 10.6. The highest BCUT2D eigenvalue weighted by molar-refractivity contribution is 5.87. The molecule has 3 N–H and O–H groups in total. The molecule has 3 nitrogen and oxygen atoms in total. The van der Waals surface area contributed by atoms with Gasteiger partial charge < -0.3 is 10.9 Å². The Kier molecular flexibility index (Phi) is 11.2. The van der Waals surface area contributed by atoms with Crippen molar-refractivity contribution in [2.45, 2.75) is 40.7 Å². The first-order valence-corrected chi connectivity index (χ1v) is 4.36. The van der Waals surface area contributed by atoms with Gasteiger partial charge in [0.1, 0.15) is 6.10 Å². The summed E-state index contributed by atoms with van der Waals surface area (Å²) in [6.07, 6.45) is -0.158. The van der Waals surface area contributed by atoms with Crippen molar-refractivity contribution in [3.8, 4) is 0 Å². The molecule has 0 fully saturated rings. The molecule has 0 heterocycles. The first kappa shape index (κ1) is 19.7. The number of carbonyl (C=O) groups excluding carboxylic acids is 1. The van der Waals surface area contributed by atoms with Gasteiger partial charge in [0.15, 0.2) is 0 Å². The van der Waals surface area contributed by atoms with E-state index in [2.05, 4.69) is 6.58 Å². The fourth-order valence-corrected chi connectivity index (χ4v) is 0.756. The Hall–Kier alpha value is -0.800. The summed E-state index contributed by atoms with van der Waals surface area (Å²) in [5, 5.41) is 0. The topological polar surface area (TPSA) is 61.3 Å². The van der Waals surface area contributed by atoms with Gasteiger partial charge in [-0.2, -0.15) is 0 Å². The van der Waals surface area contributed by atoms with Crippen molar-refractivity contribution in [1.82, 2.24) is 6.15 Å². The lowest BCUT2D eigenvalue weighted by Crippen LogP contribution is -2.16. The largest absolute Gasteiger partial charge is 0.455 e. The average Bonchev–Trinajstić information content (AvgIpc) is 2.02. The number of allylic oxidation sites excluding steroid dienone is 1. The lowest BCUT2D eigenvalue weighted by atomic mass is 10.1. The zero-order valence-electron chi connectivity index (χ0n) is 10.2. The van der Waals surface area contributed by atoms with E-state index in [4.69, 9.17) is 4.74 Å². The van der Waals surface area contributed by atoms with Gasteiger partial charge in [0.05, 0.1) is 0 Å². The van der Waals surface area contributed by atoms with Gasteiger partial charge in [-0.15, -0.1) is 12.4 Å². The molecule has 0 aliphatic rings. The minimum atomic E-state index is -0.326. The third kappa shape index (κ3) is 7.17. The second kappa shape index (κ2) is 8.50. The highest BCUT2D eigenvalue weighted by atomic mass is 35.5. The normalized spacial score (nSPS) is 10.2. The van der Waals surface area contributed by atoms with Crippen LogP contribution < -0.4 is 6.15 Å². The smallest absolute Gasteiger partial charge is 0.333 e. The minimum absolute atomic E-state index is 0.